The second-order valence-electron chi connectivity index (χ2n) is 3.81. The first kappa shape index (κ1) is 14.3. The van der Waals surface area contributed by atoms with Gasteiger partial charge in [-0.2, -0.15) is 0 Å². The summed E-state index contributed by atoms with van der Waals surface area (Å²) >= 11 is 0. The largest absolute Gasteiger partial charge is 0.480 e. The van der Waals surface area contributed by atoms with Crippen LogP contribution in [0.4, 0.5) is 0 Å². The molecular weight excluding hydrogens is 198 g/mol. The van der Waals surface area contributed by atoms with Crippen LogP contribution in [0.1, 0.15) is 27.2 Å². The summed E-state index contributed by atoms with van der Waals surface area (Å²) < 4.78 is 10.5. The van der Waals surface area contributed by atoms with E-state index in [1.807, 2.05) is 13.8 Å². The summed E-state index contributed by atoms with van der Waals surface area (Å²) in [5, 5.41) is 8.74. The highest BCUT2D eigenvalue weighted by Crippen LogP contribution is 2.06. The lowest BCUT2D eigenvalue weighted by atomic mass is 10.0. The van der Waals surface area contributed by atoms with Gasteiger partial charge in [0.15, 0.2) is 0 Å². The predicted molar refractivity (Wildman–Crippen MR) is 56.8 cm³/mol. The average Bonchev–Trinajstić information content (AvgIpc) is 2.14. The molecule has 90 valence electrons. The molecule has 2 atom stereocenters. The number of ether oxygens (including phenoxy) is 2. The van der Waals surface area contributed by atoms with Crippen LogP contribution in [0, 0.1) is 0 Å². The molecule has 5 nitrogen and oxygen atoms in total. The molecule has 0 fully saturated rings. The van der Waals surface area contributed by atoms with E-state index in [0.29, 0.717) is 26.2 Å². The number of carbonyl (C=O) groups is 1. The summed E-state index contributed by atoms with van der Waals surface area (Å²) in [6.45, 7) is 6.76. The minimum atomic E-state index is -1.22. The Morgan fingerprint density at radius 1 is 1.60 bits per heavy atom. The molecule has 0 heterocycles. The van der Waals surface area contributed by atoms with Crippen LogP contribution in [0.25, 0.3) is 0 Å². The number of hydrogen-bond donors (Lipinski definition) is 2. The third-order valence-electron chi connectivity index (χ3n) is 2.07. The van der Waals surface area contributed by atoms with Crippen molar-refractivity contribution < 1.29 is 19.4 Å². The zero-order valence-electron chi connectivity index (χ0n) is 9.66. The van der Waals surface area contributed by atoms with Crippen molar-refractivity contribution >= 4 is 5.97 Å². The molecule has 5 heteroatoms. The zero-order valence-corrected chi connectivity index (χ0v) is 9.66. The van der Waals surface area contributed by atoms with E-state index >= 15 is 0 Å². The van der Waals surface area contributed by atoms with Gasteiger partial charge in [-0.15, -0.1) is 0 Å². The van der Waals surface area contributed by atoms with Gasteiger partial charge >= 0.3 is 5.97 Å². The third-order valence-corrected chi connectivity index (χ3v) is 2.07. The minimum Gasteiger partial charge on any atom is -0.480 e. The quantitative estimate of drug-likeness (QED) is 0.625. The maximum Gasteiger partial charge on any atom is 0.323 e. The minimum absolute atomic E-state index is 0.0328. The van der Waals surface area contributed by atoms with Crippen molar-refractivity contribution in [3.05, 3.63) is 0 Å². The molecule has 3 N–H and O–H groups in total. The molecule has 0 aromatic heterocycles. The highest BCUT2D eigenvalue weighted by atomic mass is 16.5. The number of carboxylic acids is 1. The molecule has 0 rings (SSSR count). The normalized spacial score (nSPS) is 17.1. The van der Waals surface area contributed by atoms with Gasteiger partial charge < -0.3 is 20.3 Å². The Hall–Kier alpha value is -0.650. The Morgan fingerprint density at radius 3 is 2.67 bits per heavy atom. The van der Waals surface area contributed by atoms with Crippen LogP contribution >= 0.6 is 0 Å². The Morgan fingerprint density at radius 2 is 2.20 bits per heavy atom. The number of nitrogens with two attached hydrogens (primary N) is 1. The van der Waals surface area contributed by atoms with Gasteiger partial charge in [-0.25, -0.2) is 0 Å². The number of hydrogen-bond acceptors (Lipinski definition) is 4. The van der Waals surface area contributed by atoms with Crippen LogP contribution in [-0.2, 0) is 14.3 Å². The molecule has 0 saturated heterocycles. The first-order valence-corrected chi connectivity index (χ1v) is 5.11. The summed E-state index contributed by atoms with van der Waals surface area (Å²) in [6, 6.07) is 0. The molecule has 0 spiro atoms. The summed E-state index contributed by atoms with van der Waals surface area (Å²) in [4.78, 5) is 10.7. The molecule has 0 bridgehead atoms. The van der Waals surface area contributed by atoms with Gasteiger partial charge in [0.2, 0.25) is 0 Å². The van der Waals surface area contributed by atoms with Gasteiger partial charge in [0.1, 0.15) is 5.54 Å². The molecule has 0 saturated carbocycles. The van der Waals surface area contributed by atoms with Gasteiger partial charge in [0.05, 0.1) is 12.7 Å². The molecule has 15 heavy (non-hydrogen) atoms. The summed E-state index contributed by atoms with van der Waals surface area (Å²) in [6.07, 6.45) is 0.258. The van der Waals surface area contributed by atoms with Crippen molar-refractivity contribution in [1.82, 2.24) is 0 Å². The van der Waals surface area contributed by atoms with Crippen LogP contribution in [0.3, 0.4) is 0 Å². The van der Waals surface area contributed by atoms with E-state index in [-0.39, 0.29) is 6.10 Å². The molecule has 0 aromatic carbocycles. The van der Waals surface area contributed by atoms with Gasteiger partial charge in [0.25, 0.3) is 0 Å². The lowest BCUT2D eigenvalue weighted by Gasteiger charge is -2.20. The summed E-state index contributed by atoms with van der Waals surface area (Å²) in [5.74, 6) is -1.01. The Balaban J connectivity index is 3.65. The van der Waals surface area contributed by atoms with Crippen molar-refractivity contribution in [3.63, 3.8) is 0 Å². The molecule has 0 aliphatic carbocycles. The lowest BCUT2D eigenvalue weighted by Crippen LogP contribution is -2.45. The standard InChI is InChI=1S/C10H21NO4/c1-4-14-7-8(2)15-6-5-10(3,11)9(12)13/h8H,4-7,11H2,1-3H3,(H,12,13). The van der Waals surface area contributed by atoms with Gasteiger partial charge in [-0.1, -0.05) is 0 Å². The number of rotatable bonds is 8. The maximum absolute atomic E-state index is 10.7. The first-order valence-electron chi connectivity index (χ1n) is 5.11. The molecule has 0 aromatic rings. The van der Waals surface area contributed by atoms with Gasteiger partial charge in [-0.05, 0) is 27.2 Å². The molecule has 2 unspecified atom stereocenters. The van der Waals surface area contributed by atoms with E-state index in [2.05, 4.69) is 0 Å². The fourth-order valence-electron chi connectivity index (χ4n) is 0.911. The summed E-state index contributed by atoms with van der Waals surface area (Å²) in [7, 11) is 0. The zero-order chi connectivity index (χ0) is 11.9. The summed E-state index contributed by atoms with van der Waals surface area (Å²) in [5.41, 5.74) is 4.32. The fourth-order valence-corrected chi connectivity index (χ4v) is 0.911. The third kappa shape index (κ3) is 6.43. The number of aliphatic carboxylic acids is 1. The van der Waals surface area contributed by atoms with E-state index in [0.717, 1.165) is 0 Å². The monoisotopic (exact) mass is 219 g/mol. The number of carboxylic acid groups (broad SMARTS) is 1. The highest BCUT2D eigenvalue weighted by molar-refractivity contribution is 5.77. The van der Waals surface area contributed by atoms with E-state index in [1.165, 1.54) is 6.92 Å². The lowest BCUT2D eigenvalue weighted by molar-refractivity contribution is -0.143. The Labute approximate surface area is 90.5 Å². The van der Waals surface area contributed by atoms with Crippen LogP contribution in [0.15, 0.2) is 0 Å². The second-order valence-corrected chi connectivity index (χ2v) is 3.81. The maximum atomic E-state index is 10.7. The smallest absolute Gasteiger partial charge is 0.323 e. The Kier molecular flexibility index (Phi) is 6.47. The van der Waals surface area contributed by atoms with Crippen molar-refractivity contribution in [1.29, 1.82) is 0 Å². The average molecular weight is 219 g/mol. The predicted octanol–water partition coefficient (Wildman–Crippen LogP) is 0.620. The van der Waals surface area contributed by atoms with Crippen LogP contribution in [0.2, 0.25) is 0 Å². The highest BCUT2D eigenvalue weighted by Gasteiger charge is 2.27. The van der Waals surface area contributed by atoms with Crippen LogP contribution < -0.4 is 5.73 Å². The van der Waals surface area contributed by atoms with Crippen molar-refractivity contribution in [3.8, 4) is 0 Å². The van der Waals surface area contributed by atoms with Crippen molar-refractivity contribution in [2.45, 2.75) is 38.8 Å². The molecule has 0 aliphatic rings. The van der Waals surface area contributed by atoms with Crippen LogP contribution in [0.5, 0.6) is 0 Å². The van der Waals surface area contributed by atoms with E-state index in [9.17, 15) is 4.79 Å². The molecule has 0 radical (unpaired) electrons. The van der Waals surface area contributed by atoms with Crippen LogP contribution in [-0.4, -0.2) is 42.5 Å². The van der Waals surface area contributed by atoms with Crippen molar-refractivity contribution in [2.75, 3.05) is 19.8 Å². The van der Waals surface area contributed by atoms with E-state index in [1.54, 1.807) is 0 Å². The topological polar surface area (TPSA) is 81.8 Å². The fraction of sp³-hybridized carbons (Fsp3) is 0.900. The molecular formula is C10H21NO4. The molecule has 0 amide bonds. The van der Waals surface area contributed by atoms with E-state index < -0.39 is 11.5 Å². The SMILES string of the molecule is CCOCC(C)OCCC(C)(N)C(=O)O. The Bertz CT molecular complexity index is 194. The van der Waals surface area contributed by atoms with Crippen molar-refractivity contribution in [2.24, 2.45) is 5.73 Å². The van der Waals surface area contributed by atoms with Gasteiger partial charge in [-0.3, -0.25) is 4.79 Å². The van der Waals surface area contributed by atoms with E-state index in [4.69, 9.17) is 20.3 Å². The second kappa shape index (κ2) is 6.76. The first-order chi connectivity index (χ1) is 6.90. The molecule has 0 aliphatic heterocycles. The van der Waals surface area contributed by atoms with Gasteiger partial charge in [0, 0.05) is 13.2 Å².